The van der Waals surface area contributed by atoms with Crippen molar-refractivity contribution in [3.8, 4) is 0 Å². The zero-order chi connectivity index (χ0) is 29.4. The van der Waals surface area contributed by atoms with Crippen LogP contribution in [0.2, 0.25) is 0 Å². The van der Waals surface area contributed by atoms with Crippen molar-refractivity contribution in [3.05, 3.63) is 11.1 Å². The van der Waals surface area contributed by atoms with Gasteiger partial charge >= 0.3 is 6.03 Å². The smallest absolute Gasteiger partial charge is 0.315 e. The van der Waals surface area contributed by atoms with E-state index in [1.54, 1.807) is 0 Å². The van der Waals surface area contributed by atoms with Crippen molar-refractivity contribution >= 4 is 41.3 Å². The molecule has 5 atom stereocenters. The Labute approximate surface area is 236 Å². The highest BCUT2D eigenvalue weighted by Crippen LogP contribution is 2.56. The molecule has 5 N–H and O–H groups in total. The molecule has 0 aromatic rings. The number of primary amides is 1. The molecule has 5 amide bonds. The Morgan fingerprint density at radius 1 is 1.03 bits per heavy atom. The number of likely N-dealkylation sites (tertiary alicyclic amines) is 1. The number of nitrogens with two attached hydrogens (primary N) is 1. The average Bonchev–Trinajstić information content (AvgIpc) is 3.33. The highest BCUT2D eigenvalue weighted by atomic mass is 32.2. The van der Waals surface area contributed by atoms with Gasteiger partial charge in [0.2, 0.25) is 11.8 Å². The number of fused-ring (bicyclic) bond motifs is 1. The van der Waals surface area contributed by atoms with E-state index in [9.17, 15) is 24.0 Å². The second kappa shape index (κ2) is 11.5. The maximum absolute atomic E-state index is 14.0. The van der Waals surface area contributed by atoms with Gasteiger partial charge in [0.25, 0.3) is 11.7 Å². The summed E-state index contributed by atoms with van der Waals surface area (Å²) >= 11 is 1.22. The van der Waals surface area contributed by atoms with E-state index < -0.39 is 52.0 Å². The third kappa shape index (κ3) is 7.35. The molecule has 218 valence electrons. The number of carbonyl (C=O) groups is 5. The first-order valence-electron chi connectivity index (χ1n) is 13.7. The number of amides is 5. The minimum atomic E-state index is -1.10. The van der Waals surface area contributed by atoms with Gasteiger partial charge in [0.05, 0.1) is 0 Å². The number of thioether (sulfide) groups is 1. The summed E-state index contributed by atoms with van der Waals surface area (Å²) in [5.41, 5.74) is 6.42. The number of piperidine rings is 1. The molecule has 0 aromatic heterocycles. The van der Waals surface area contributed by atoms with Crippen LogP contribution >= 0.6 is 11.8 Å². The molecule has 0 bridgehead atoms. The second-order valence-corrected chi connectivity index (χ2v) is 14.6. The Kier molecular flexibility index (Phi) is 9.14. The predicted molar refractivity (Wildman–Crippen MR) is 151 cm³/mol. The van der Waals surface area contributed by atoms with Crippen molar-refractivity contribution in [3.63, 3.8) is 0 Å². The molecule has 11 heteroatoms. The van der Waals surface area contributed by atoms with E-state index in [0.717, 1.165) is 30.4 Å². The molecule has 39 heavy (non-hydrogen) atoms. The fraction of sp³-hybridized carbons (Fsp3) is 0.750. The Bertz CT molecular complexity index is 1050. The summed E-state index contributed by atoms with van der Waals surface area (Å²) in [6.45, 7) is 15.4. The van der Waals surface area contributed by atoms with Gasteiger partial charge in [-0.3, -0.25) is 19.2 Å². The Morgan fingerprint density at radius 2 is 1.64 bits per heavy atom. The van der Waals surface area contributed by atoms with Gasteiger partial charge in [0.1, 0.15) is 17.5 Å². The van der Waals surface area contributed by atoms with Crippen LogP contribution < -0.4 is 21.7 Å². The molecule has 0 radical (unpaired) electrons. The quantitative estimate of drug-likeness (QED) is 0.192. The number of nitrogens with one attached hydrogen (secondary N) is 3. The Balaban J connectivity index is 1.85. The van der Waals surface area contributed by atoms with Crippen LogP contribution in [0, 0.1) is 23.2 Å². The lowest BCUT2D eigenvalue weighted by atomic mass is 9.85. The molecule has 3 rings (SSSR count). The van der Waals surface area contributed by atoms with Gasteiger partial charge in [-0.15, -0.1) is 11.8 Å². The summed E-state index contributed by atoms with van der Waals surface area (Å²) in [5.74, 6) is -1.82. The summed E-state index contributed by atoms with van der Waals surface area (Å²) in [6.07, 6.45) is 3.25. The Hall–Kier alpha value is -2.56. The molecule has 2 aliphatic carbocycles. The Morgan fingerprint density at radius 3 is 2.10 bits per heavy atom. The van der Waals surface area contributed by atoms with E-state index in [1.807, 2.05) is 55.4 Å². The van der Waals surface area contributed by atoms with Gasteiger partial charge in [-0.1, -0.05) is 38.3 Å². The summed E-state index contributed by atoms with van der Waals surface area (Å²) in [7, 11) is 0. The molecular formula is C28H45N5O5S. The lowest BCUT2D eigenvalue weighted by Gasteiger charge is -2.37. The third-order valence-corrected chi connectivity index (χ3v) is 8.97. The van der Waals surface area contributed by atoms with Crippen LogP contribution in [-0.4, -0.2) is 69.7 Å². The molecule has 0 aromatic carbocycles. The third-order valence-electron chi connectivity index (χ3n) is 7.64. The van der Waals surface area contributed by atoms with E-state index >= 15 is 0 Å². The number of urea groups is 1. The van der Waals surface area contributed by atoms with Crippen LogP contribution in [0.15, 0.2) is 11.1 Å². The molecule has 2 saturated carbocycles. The maximum Gasteiger partial charge on any atom is 0.315 e. The first-order chi connectivity index (χ1) is 17.9. The summed E-state index contributed by atoms with van der Waals surface area (Å²) in [5, 5.41) is 7.31. The minimum absolute atomic E-state index is 0.0478. The number of rotatable bonds is 9. The number of nitrogens with zero attached hydrogens (tertiary/aromatic N) is 1. The second-order valence-electron chi connectivity index (χ2n) is 13.4. The lowest BCUT2D eigenvalue weighted by molar-refractivity contribution is -0.143. The van der Waals surface area contributed by atoms with Gasteiger partial charge in [-0.2, -0.15) is 0 Å². The van der Waals surface area contributed by atoms with Crippen molar-refractivity contribution in [2.45, 2.75) is 97.6 Å². The summed E-state index contributed by atoms with van der Waals surface area (Å²) in [4.78, 5) is 66.4. The first kappa shape index (κ1) is 31.0. The number of Topliss-reactive ketones (excluding diaryl/α,β-unsaturated/α-hetero) is 1. The zero-order valence-corrected chi connectivity index (χ0v) is 25.3. The van der Waals surface area contributed by atoms with Gasteiger partial charge in [-0.05, 0) is 64.5 Å². The molecule has 1 heterocycles. The largest absolute Gasteiger partial charge is 0.363 e. The topological polar surface area (TPSA) is 151 Å². The number of carbonyl (C=O) groups excluding carboxylic acids is 5. The van der Waals surface area contributed by atoms with Crippen LogP contribution in [0.3, 0.4) is 0 Å². The van der Waals surface area contributed by atoms with Crippen LogP contribution in [0.25, 0.3) is 0 Å². The molecule has 3 fully saturated rings. The van der Waals surface area contributed by atoms with Gasteiger partial charge < -0.3 is 26.6 Å². The number of hydrogen-bond donors (Lipinski definition) is 4. The molecule has 3 aliphatic rings. The predicted octanol–water partition coefficient (Wildman–Crippen LogP) is 2.32. The first-order valence-corrected chi connectivity index (χ1v) is 14.8. The van der Waals surface area contributed by atoms with E-state index in [2.05, 4.69) is 16.0 Å². The molecular weight excluding hydrogens is 518 g/mol. The maximum atomic E-state index is 14.0. The van der Waals surface area contributed by atoms with Crippen molar-refractivity contribution < 1.29 is 24.0 Å². The van der Waals surface area contributed by atoms with Crippen molar-refractivity contribution in [2.24, 2.45) is 28.9 Å². The van der Waals surface area contributed by atoms with E-state index in [1.165, 1.54) is 16.7 Å². The fourth-order valence-electron chi connectivity index (χ4n) is 5.44. The standard InChI is InChI=1S/C28H45N5O5S/c1-14(2)17-16-12-33(25(37)21(27(3,4)5)30-26(38)32-28(6,7)8)19(18(16)17)23(36)31-24(20(34)22(29)35)39-13-15-10-9-11-15/h15-16,18-19,21,24H,9-13H2,1-8H3,(H2,29,35)(H,31,36)(H2,30,32,38). The highest BCUT2D eigenvalue weighted by Gasteiger charge is 2.62. The molecule has 1 aliphatic heterocycles. The van der Waals surface area contributed by atoms with E-state index in [0.29, 0.717) is 18.2 Å². The van der Waals surface area contributed by atoms with Crippen LogP contribution in [0.5, 0.6) is 0 Å². The molecule has 1 saturated heterocycles. The summed E-state index contributed by atoms with van der Waals surface area (Å²) in [6, 6.07) is -2.21. The van der Waals surface area contributed by atoms with Crippen LogP contribution in [-0.2, 0) is 19.2 Å². The normalized spacial score (nSPS) is 24.2. The zero-order valence-electron chi connectivity index (χ0n) is 24.5. The van der Waals surface area contributed by atoms with Crippen LogP contribution in [0.4, 0.5) is 4.79 Å². The van der Waals surface area contributed by atoms with Crippen LogP contribution in [0.1, 0.15) is 74.7 Å². The van der Waals surface area contributed by atoms with Crippen molar-refractivity contribution in [1.82, 2.24) is 20.9 Å². The molecule has 10 nitrogen and oxygen atoms in total. The molecule has 5 unspecified atom stereocenters. The number of allylic oxidation sites excluding steroid dienone is 1. The summed E-state index contributed by atoms with van der Waals surface area (Å²) < 4.78 is 0. The van der Waals surface area contributed by atoms with Crippen molar-refractivity contribution in [1.29, 1.82) is 0 Å². The van der Waals surface area contributed by atoms with Crippen molar-refractivity contribution in [2.75, 3.05) is 12.3 Å². The van der Waals surface area contributed by atoms with E-state index in [4.69, 9.17) is 5.73 Å². The minimum Gasteiger partial charge on any atom is -0.363 e. The van der Waals surface area contributed by atoms with E-state index in [-0.39, 0.29) is 17.7 Å². The molecule has 0 spiro atoms. The lowest BCUT2D eigenvalue weighted by Crippen LogP contribution is -2.61. The monoisotopic (exact) mass is 563 g/mol. The highest BCUT2D eigenvalue weighted by molar-refractivity contribution is 8.00. The SMILES string of the molecule is CC(C)=C1C2CN(C(=O)C(NC(=O)NC(C)(C)C)C(C)(C)C)C(C(=O)NC(SCC3CCC3)C(=O)C(N)=O)C12. The van der Waals surface area contributed by atoms with Gasteiger partial charge in [0.15, 0.2) is 0 Å². The fourth-order valence-corrected chi connectivity index (χ4v) is 6.70. The average molecular weight is 564 g/mol. The number of hydrogen-bond acceptors (Lipinski definition) is 6. The number of ketones is 1. The van der Waals surface area contributed by atoms with Gasteiger partial charge in [-0.25, -0.2) is 4.79 Å². The van der Waals surface area contributed by atoms with Gasteiger partial charge in [0, 0.05) is 23.9 Å².